The van der Waals surface area contributed by atoms with Crippen molar-refractivity contribution in [3.05, 3.63) is 38.6 Å². The third-order valence-electron chi connectivity index (χ3n) is 2.20. The van der Waals surface area contributed by atoms with Gasteiger partial charge in [0.1, 0.15) is 11.4 Å². The minimum Gasteiger partial charge on any atom is -0.478 e. The number of thiophene rings is 1. The normalized spacial score (nSPS) is 10.3. The first-order valence-corrected chi connectivity index (χ1v) is 6.64. The fourth-order valence-electron chi connectivity index (χ4n) is 1.40. The SMILES string of the molecule is Nc1cnc(NCc2ccc(Br)s2)c(C(=O)O)c1. The number of carboxylic acids is 1. The molecule has 2 aromatic rings. The molecule has 0 bridgehead atoms. The van der Waals surface area contributed by atoms with Gasteiger partial charge in [-0.25, -0.2) is 9.78 Å². The molecule has 2 heterocycles. The Morgan fingerprint density at radius 3 is 2.94 bits per heavy atom. The Morgan fingerprint density at radius 2 is 2.33 bits per heavy atom. The maximum Gasteiger partial charge on any atom is 0.339 e. The van der Waals surface area contributed by atoms with Crippen LogP contribution in [0.25, 0.3) is 0 Å². The number of nitrogens with two attached hydrogens (primary N) is 1. The molecule has 0 saturated heterocycles. The maximum absolute atomic E-state index is 11.0. The molecule has 2 aromatic heterocycles. The number of hydrogen-bond donors (Lipinski definition) is 3. The molecule has 0 radical (unpaired) electrons. The van der Waals surface area contributed by atoms with Crippen LogP contribution in [0, 0.1) is 0 Å². The van der Waals surface area contributed by atoms with E-state index in [9.17, 15) is 4.79 Å². The van der Waals surface area contributed by atoms with E-state index in [2.05, 4.69) is 26.2 Å². The van der Waals surface area contributed by atoms with Crippen molar-refractivity contribution in [2.45, 2.75) is 6.54 Å². The van der Waals surface area contributed by atoms with Gasteiger partial charge in [-0.1, -0.05) is 0 Å². The summed E-state index contributed by atoms with van der Waals surface area (Å²) in [6.45, 7) is 0.521. The quantitative estimate of drug-likeness (QED) is 0.803. The average Bonchev–Trinajstić information content (AvgIpc) is 2.73. The topological polar surface area (TPSA) is 88.2 Å². The molecule has 0 amide bonds. The lowest BCUT2D eigenvalue weighted by molar-refractivity contribution is 0.0697. The van der Waals surface area contributed by atoms with E-state index in [4.69, 9.17) is 10.8 Å². The van der Waals surface area contributed by atoms with Gasteiger partial charge < -0.3 is 16.2 Å². The van der Waals surface area contributed by atoms with E-state index in [1.54, 1.807) is 11.3 Å². The van der Waals surface area contributed by atoms with E-state index in [0.717, 1.165) is 8.66 Å². The van der Waals surface area contributed by atoms with Crippen molar-refractivity contribution in [2.75, 3.05) is 11.1 Å². The average molecular weight is 328 g/mol. The molecule has 0 aliphatic carbocycles. The summed E-state index contributed by atoms with van der Waals surface area (Å²) in [7, 11) is 0. The Morgan fingerprint density at radius 1 is 1.56 bits per heavy atom. The Hall–Kier alpha value is -1.60. The Kier molecular flexibility index (Phi) is 3.83. The Balaban J connectivity index is 2.16. The molecule has 0 aliphatic rings. The van der Waals surface area contributed by atoms with E-state index in [0.29, 0.717) is 18.1 Å². The third-order valence-corrected chi connectivity index (χ3v) is 3.82. The molecule has 94 valence electrons. The first-order chi connectivity index (χ1) is 8.56. The second-order valence-corrected chi connectivity index (χ2v) is 6.08. The zero-order valence-corrected chi connectivity index (χ0v) is 11.6. The van der Waals surface area contributed by atoms with Crippen LogP contribution < -0.4 is 11.1 Å². The van der Waals surface area contributed by atoms with Gasteiger partial charge in [0.05, 0.1) is 22.2 Å². The lowest BCUT2D eigenvalue weighted by atomic mass is 10.2. The van der Waals surface area contributed by atoms with E-state index >= 15 is 0 Å². The number of carboxylic acid groups (broad SMARTS) is 1. The highest BCUT2D eigenvalue weighted by Gasteiger charge is 2.12. The number of nitrogens with zero attached hydrogens (tertiary/aromatic N) is 1. The largest absolute Gasteiger partial charge is 0.478 e. The highest BCUT2D eigenvalue weighted by atomic mass is 79.9. The minimum absolute atomic E-state index is 0.0746. The second kappa shape index (κ2) is 5.36. The molecule has 5 nitrogen and oxygen atoms in total. The number of halogens is 1. The molecular weight excluding hydrogens is 318 g/mol. The van der Waals surface area contributed by atoms with Crippen LogP contribution in [0.3, 0.4) is 0 Å². The smallest absolute Gasteiger partial charge is 0.339 e. The number of aromatic carboxylic acids is 1. The predicted octanol–water partition coefficient (Wildman–Crippen LogP) is 2.80. The number of rotatable bonds is 4. The molecule has 2 rings (SSSR count). The molecule has 0 atom stereocenters. The number of nitrogens with one attached hydrogen (secondary N) is 1. The summed E-state index contributed by atoms with van der Waals surface area (Å²) in [6.07, 6.45) is 1.43. The van der Waals surface area contributed by atoms with Crippen LogP contribution in [0.2, 0.25) is 0 Å². The first kappa shape index (κ1) is 12.8. The summed E-state index contributed by atoms with van der Waals surface area (Å²) in [5.74, 6) is -0.731. The van der Waals surface area contributed by atoms with E-state index in [1.165, 1.54) is 12.3 Å². The molecule has 0 unspecified atom stereocenters. The number of carbonyl (C=O) groups is 1. The zero-order valence-electron chi connectivity index (χ0n) is 9.18. The van der Waals surface area contributed by atoms with Gasteiger partial charge in [0.15, 0.2) is 0 Å². The molecular formula is C11H10BrN3O2S. The van der Waals surface area contributed by atoms with Crippen molar-refractivity contribution in [3.8, 4) is 0 Å². The van der Waals surface area contributed by atoms with Gasteiger partial charge in [-0.3, -0.25) is 0 Å². The van der Waals surface area contributed by atoms with Crippen molar-refractivity contribution in [3.63, 3.8) is 0 Å². The molecule has 0 fully saturated rings. The summed E-state index contributed by atoms with van der Waals surface area (Å²) in [5, 5.41) is 12.0. The summed E-state index contributed by atoms with van der Waals surface area (Å²) in [6, 6.07) is 5.29. The molecule has 0 saturated carbocycles. The molecule has 0 spiro atoms. The molecule has 7 heteroatoms. The van der Waals surface area contributed by atoms with Gasteiger partial charge in [-0.05, 0) is 34.1 Å². The van der Waals surface area contributed by atoms with Crippen LogP contribution in [-0.4, -0.2) is 16.1 Å². The van der Waals surface area contributed by atoms with Crippen molar-refractivity contribution in [2.24, 2.45) is 0 Å². The zero-order chi connectivity index (χ0) is 13.1. The van der Waals surface area contributed by atoms with Crippen molar-refractivity contribution in [1.29, 1.82) is 0 Å². The number of pyridine rings is 1. The third kappa shape index (κ3) is 2.99. The van der Waals surface area contributed by atoms with Gasteiger partial charge in [-0.15, -0.1) is 11.3 Å². The van der Waals surface area contributed by atoms with Gasteiger partial charge >= 0.3 is 5.97 Å². The fraction of sp³-hybridized carbons (Fsp3) is 0.0909. The second-order valence-electron chi connectivity index (χ2n) is 3.53. The lowest BCUT2D eigenvalue weighted by Crippen LogP contribution is -2.08. The lowest BCUT2D eigenvalue weighted by Gasteiger charge is -2.07. The van der Waals surface area contributed by atoms with Crippen LogP contribution >= 0.6 is 27.3 Å². The number of anilines is 2. The molecule has 4 N–H and O–H groups in total. The van der Waals surface area contributed by atoms with Crippen LogP contribution in [0.15, 0.2) is 28.2 Å². The monoisotopic (exact) mass is 327 g/mol. The van der Waals surface area contributed by atoms with E-state index in [1.807, 2.05) is 12.1 Å². The van der Waals surface area contributed by atoms with Crippen LogP contribution in [0.5, 0.6) is 0 Å². The molecule has 0 aromatic carbocycles. The van der Waals surface area contributed by atoms with Crippen molar-refractivity contribution in [1.82, 2.24) is 4.98 Å². The van der Waals surface area contributed by atoms with Gasteiger partial charge in [-0.2, -0.15) is 0 Å². The minimum atomic E-state index is -1.05. The summed E-state index contributed by atoms with van der Waals surface area (Å²) in [4.78, 5) is 16.1. The summed E-state index contributed by atoms with van der Waals surface area (Å²) in [5.41, 5.74) is 5.92. The van der Waals surface area contributed by atoms with E-state index < -0.39 is 5.97 Å². The van der Waals surface area contributed by atoms with Crippen LogP contribution in [0.4, 0.5) is 11.5 Å². The van der Waals surface area contributed by atoms with Gasteiger partial charge in [0.2, 0.25) is 0 Å². The highest BCUT2D eigenvalue weighted by molar-refractivity contribution is 9.11. The Bertz CT molecular complexity index is 585. The highest BCUT2D eigenvalue weighted by Crippen LogP contribution is 2.23. The first-order valence-electron chi connectivity index (χ1n) is 5.03. The van der Waals surface area contributed by atoms with Gasteiger partial charge in [0, 0.05) is 4.88 Å². The van der Waals surface area contributed by atoms with Crippen molar-refractivity contribution >= 4 is 44.7 Å². The summed E-state index contributed by atoms with van der Waals surface area (Å²) < 4.78 is 1.03. The summed E-state index contributed by atoms with van der Waals surface area (Å²) >= 11 is 4.95. The van der Waals surface area contributed by atoms with Crippen LogP contribution in [-0.2, 0) is 6.54 Å². The number of hydrogen-bond acceptors (Lipinski definition) is 5. The molecule has 18 heavy (non-hydrogen) atoms. The fourth-order valence-corrected chi connectivity index (χ4v) is 2.83. The van der Waals surface area contributed by atoms with Crippen LogP contribution in [0.1, 0.15) is 15.2 Å². The predicted molar refractivity (Wildman–Crippen MR) is 75.0 cm³/mol. The van der Waals surface area contributed by atoms with E-state index in [-0.39, 0.29) is 5.56 Å². The molecule has 0 aliphatic heterocycles. The van der Waals surface area contributed by atoms with Gasteiger partial charge in [0.25, 0.3) is 0 Å². The number of nitrogen functional groups attached to an aromatic ring is 1. The number of aromatic nitrogens is 1. The Labute approximate surface area is 116 Å². The maximum atomic E-state index is 11.0. The van der Waals surface area contributed by atoms with Crippen molar-refractivity contribution < 1.29 is 9.90 Å². The standard InChI is InChI=1S/C11H10BrN3O2S/c12-9-2-1-7(18-9)5-15-10-8(11(16)17)3-6(13)4-14-10/h1-4H,5,13H2,(H,14,15)(H,16,17).